The number of hydrogen-bond donors (Lipinski definition) is 1. The van der Waals surface area contributed by atoms with Gasteiger partial charge in [-0.3, -0.25) is 4.79 Å². The molecule has 17 heavy (non-hydrogen) atoms. The smallest absolute Gasteiger partial charge is 0.275 e. The van der Waals surface area contributed by atoms with E-state index < -0.39 is 0 Å². The van der Waals surface area contributed by atoms with Crippen molar-refractivity contribution in [2.45, 2.75) is 6.92 Å². The number of nitrogens with zero attached hydrogens (tertiary/aromatic N) is 3. The molecular formula is C11H9ClN4O. The van der Waals surface area contributed by atoms with Gasteiger partial charge in [-0.25, -0.2) is 15.0 Å². The van der Waals surface area contributed by atoms with Crippen molar-refractivity contribution in [3.63, 3.8) is 0 Å². The zero-order chi connectivity index (χ0) is 12.3. The second-order valence-corrected chi connectivity index (χ2v) is 3.73. The molecule has 5 nitrogen and oxygen atoms in total. The molecule has 0 atom stereocenters. The summed E-state index contributed by atoms with van der Waals surface area (Å²) in [5.74, 6) is 0.0155. The van der Waals surface area contributed by atoms with E-state index in [-0.39, 0.29) is 11.1 Å². The van der Waals surface area contributed by atoms with Gasteiger partial charge in [0.25, 0.3) is 5.91 Å². The van der Waals surface area contributed by atoms with Crippen molar-refractivity contribution in [2.75, 3.05) is 5.32 Å². The van der Waals surface area contributed by atoms with E-state index in [1.165, 1.54) is 12.4 Å². The lowest BCUT2D eigenvalue weighted by Crippen LogP contribution is -2.14. The summed E-state index contributed by atoms with van der Waals surface area (Å²) >= 11 is 5.68. The zero-order valence-electron chi connectivity index (χ0n) is 9.01. The SMILES string of the molecule is Cc1cccc(C(=O)Nc2cc(Cl)ncn2)n1. The highest BCUT2D eigenvalue weighted by Gasteiger charge is 2.08. The van der Waals surface area contributed by atoms with Crippen molar-refractivity contribution >= 4 is 23.3 Å². The number of halogens is 1. The summed E-state index contributed by atoms with van der Waals surface area (Å²) in [6, 6.07) is 6.68. The van der Waals surface area contributed by atoms with Gasteiger partial charge in [0.2, 0.25) is 0 Å². The lowest BCUT2D eigenvalue weighted by Gasteiger charge is -2.03. The Kier molecular flexibility index (Phi) is 3.30. The maximum Gasteiger partial charge on any atom is 0.275 e. The molecule has 0 spiro atoms. The van der Waals surface area contributed by atoms with Gasteiger partial charge >= 0.3 is 0 Å². The van der Waals surface area contributed by atoms with Crippen LogP contribution in [0.5, 0.6) is 0 Å². The first-order chi connectivity index (χ1) is 8.15. The number of pyridine rings is 1. The fraction of sp³-hybridized carbons (Fsp3) is 0.0909. The summed E-state index contributed by atoms with van der Waals surface area (Å²) in [6.07, 6.45) is 1.28. The molecular weight excluding hydrogens is 240 g/mol. The van der Waals surface area contributed by atoms with E-state index in [2.05, 4.69) is 20.3 Å². The topological polar surface area (TPSA) is 67.8 Å². The Labute approximate surface area is 103 Å². The lowest BCUT2D eigenvalue weighted by atomic mass is 10.3. The van der Waals surface area contributed by atoms with Gasteiger partial charge in [0.05, 0.1) is 0 Å². The Morgan fingerprint density at radius 3 is 2.88 bits per heavy atom. The third kappa shape index (κ3) is 2.98. The van der Waals surface area contributed by atoms with E-state index in [1.54, 1.807) is 12.1 Å². The Hall–Kier alpha value is -2.01. The minimum absolute atomic E-state index is 0.271. The van der Waals surface area contributed by atoms with Crippen LogP contribution in [-0.4, -0.2) is 20.9 Å². The molecule has 0 bridgehead atoms. The van der Waals surface area contributed by atoms with E-state index in [4.69, 9.17) is 11.6 Å². The van der Waals surface area contributed by atoms with Crippen LogP contribution < -0.4 is 5.32 Å². The molecule has 2 aromatic rings. The molecule has 86 valence electrons. The minimum Gasteiger partial charge on any atom is -0.305 e. The van der Waals surface area contributed by atoms with Gasteiger partial charge in [0.1, 0.15) is 23.0 Å². The number of nitrogens with one attached hydrogen (secondary N) is 1. The summed E-state index contributed by atoms with van der Waals surface area (Å²) < 4.78 is 0. The normalized spacial score (nSPS) is 10.0. The van der Waals surface area contributed by atoms with Crippen LogP contribution in [0.3, 0.4) is 0 Å². The number of aryl methyl sites for hydroxylation is 1. The van der Waals surface area contributed by atoms with Gasteiger partial charge in [-0.1, -0.05) is 17.7 Å². The van der Waals surface area contributed by atoms with Gasteiger partial charge in [0.15, 0.2) is 0 Å². The summed E-state index contributed by atoms with van der Waals surface area (Å²) in [7, 11) is 0. The Bertz CT molecular complexity index is 559. The Morgan fingerprint density at radius 1 is 1.35 bits per heavy atom. The van der Waals surface area contributed by atoms with Crippen LogP contribution in [-0.2, 0) is 0 Å². The number of aromatic nitrogens is 3. The predicted molar refractivity (Wildman–Crippen MR) is 64.0 cm³/mol. The van der Waals surface area contributed by atoms with Crippen LogP contribution in [0, 0.1) is 6.92 Å². The average molecular weight is 249 g/mol. The first kappa shape index (κ1) is 11.5. The summed E-state index contributed by atoms with van der Waals surface area (Å²) in [6.45, 7) is 1.82. The highest BCUT2D eigenvalue weighted by atomic mass is 35.5. The second-order valence-electron chi connectivity index (χ2n) is 3.34. The molecule has 0 aliphatic carbocycles. The number of rotatable bonds is 2. The molecule has 6 heteroatoms. The standard InChI is InChI=1S/C11H9ClN4O/c1-7-3-2-4-8(15-7)11(17)16-10-5-9(12)13-6-14-10/h2-6H,1H3,(H,13,14,16,17). The molecule has 0 aliphatic heterocycles. The molecule has 0 aliphatic rings. The van der Waals surface area contributed by atoms with E-state index in [0.717, 1.165) is 5.69 Å². The number of amides is 1. The number of carbonyl (C=O) groups is 1. The monoisotopic (exact) mass is 248 g/mol. The quantitative estimate of drug-likeness (QED) is 0.827. The number of anilines is 1. The van der Waals surface area contributed by atoms with E-state index in [9.17, 15) is 4.79 Å². The summed E-state index contributed by atoms with van der Waals surface area (Å²) in [5.41, 5.74) is 1.11. The zero-order valence-corrected chi connectivity index (χ0v) is 9.77. The van der Waals surface area contributed by atoms with Crippen LogP contribution in [0.1, 0.15) is 16.2 Å². The van der Waals surface area contributed by atoms with Gasteiger partial charge in [-0.05, 0) is 19.1 Å². The van der Waals surface area contributed by atoms with Crippen LogP contribution in [0.25, 0.3) is 0 Å². The first-order valence-electron chi connectivity index (χ1n) is 4.88. The summed E-state index contributed by atoms with van der Waals surface area (Å²) in [5, 5.41) is 2.86. The van der Waals surface area contributed by atoms with Gasteiger partial charge in [-0.2, -0.15) is 0 Å². The third-order valence-electron chi connectivity index (χ3n) is 2.00. The highest BCUT2D eigenvalue weighted by Crippen LogP contribution is 2.09. The maximum atomic E-state index is 11.8. The first-order valence-corrected chi connectivity index (χ1v) is 5.25. The fourth-order valence-corrected chi connectivity index (χ4v) is 1.40. The molecule has 0 fully saturated rings. The van der Waals surface area contributed by atoms with Gasteiger partial charge in [-0.15, -0.1) is 0 Å². The van der Waals surface area contributed by atoms with E-state index in [1.807, 2.05) is 13.0 Å². The molecule has 0 saturated carbocycles. The molecule has 0 saturated heterocycles. The molecule has 1 N–H and O–H groups in total. The number of hydrogen-bond acceptors (Lipinski definition) is 4. The second kappa shape index (κ2) is 4.88. The number of carbonyl (C=O) groups excluding carboxylic acids is 1. The van der Waals surface area contributed by atoms with Crippen molar-refractivity contribution in [1.82, 2.24) is 15.0 Å². The highest BCUT2D eigenvalue weighted by molar-refractivity contribution is 6.29. The molecule has 0 unspecified atom stereocenters. The average Bonchev–Trinajstić information content (AvgIpc) is 2.29. The van der Waals surface area contributed by atoms with Crippen molar-refractivity contribution in [2.24, 2.45) is 0 Å². The van der Waals surface area contributed by atoms with Crippen LogP contribution in [0.15, 0.2) is 30.6 Å². The third-order valence-corrected chi connectivity index (χ3v) is 2.20. The molecule has 2 rings (SSSR count). The van der Waals surface area contributed by atoms with E-state index >= 15 is 0 Å². The molecule has 0 aromatic carbocycles. The maximum absolute atomic E-state index is 11.8. The molecule has 0 radical (unpaired) electrons. The van der Waals surface area contributed by atoms with Crippen LogP contribution >= 0.6 is 11.6 Å². The van der Waals surface area contributed by atoms with Crippen molar-refractivity contribution in [3.8, 4) is 0 Å². The Balaban J connectivity index is 2.17. The minimum atomic E-state index is -0.330. The predicted octanol–water partition coefficient (Wildman–Crippen LogP) is 2.09. The molecule has 1 amide bonds. The lowest BCUT2D eigenvalue weighted by molar-refractivity contribution is 0.102. The van der Waals surface area contributed by atoms with Crippen LogP contribution in [0.2, 0.25) is 5.15 Å². The largest absolute Gasteiger partial charge is 0.305 e. The van der Waals surface area contributed by atoms with Gasteiger partial charge < -0.3 is 5.32 Å². The molecule has 2 heterocycles. The van der Waals surface area contributed by atoms with Crippen molar-refractivity contribution in [3.05, 3.63) is 47.1 Å². The van der Waals surface area contributed by atoms with Gasteiger partial charge in [0, 0.05) is 11.8 Å². The van der Waals surface area contributed by atoms with E-state index in [0.29, 0.717) is 11.5 Å². The van der Waals surface area contributed by atoms with Crippen molar-refractivity contribution < 1.29 is 4.79 Å². The Morgan fingerprint density at radius 2 is 2.18 bits per heavy atom. The fourth-order valence-electron chi connectivity index (χ4n) is 1.25. The van der Waals surface area contributed by atoms with Crippen LogP contribution in [0.4, 0.5) is 5.82 Å². The van der Waals surface area contributed by atoms with Crippen molar-refractivity contribution in [1.29, 1.82) is 0 Å². The molecule has 2 aromatic heterocycles. The summed E-state index contributed by atoms with van der Waals surface area (Å²) in [4.78, 5) is 23.5.